The molecule has 0 saturated heterocycles. The van der Waals surface area contributed by atoms with Crippen LogP contribution in [0.1, 0.15) is 43.7 Å². The van der Waals surface area contributed by atoms with E-state index in [4.69, 9.17) is 4.74 Å². The van der Waals surface area contributed by atoms with E-state index in [9.17, 15) is 0 Å². The van der Waals surface area contributed by atoms with Gasteiger partial charge in [-0.05, 0) is 43.4 Å². The van der Waals surface area contributed by atoms with Crippen molar-refractivity contribution in [3.63, 3.8) is 0 Å². The van der Waals surface area contributed by atoms with Gasteiger partial charge in [0.2, 0.25) is 0 Å². The Morgan fingerprint density at radius 3 is 2.33 bits per heavy atom. The third-order valence-electron chi connectivity index (χ3n) is 3.44. The minimum absolute atomic E-state index is 0.546. The molecule has 1 aromatic rings. The second kappa shape index (κ2) is 8.28. The fourth-order valence-electron chi connectivity index (χ4n) is 2.15. The number of benzene rings is 1. The van der Waals surface area contributed by atoms with Crippen LogP contribution >= 0.6 is 0 Å². The van der Waals surface area contributed by atoms with Gasteiger partial charge in [-0.1, -0.05) is 38.1 Å². The first kappa shape index (κ1) is 15.2. The van der Waals surface area contributed by atoms with Gasteiger partial charge in [0.1, 0.15) is 0 Å². The predicted octanol–water partition coefficient (Wildman–Crippen LogP) is 3.37. The summed E-state index contributed by atoms with van der Waals surface area (Å²) in [6.07, 6.45) is 3.38. The fourth-order valence-corrected chi connectivity index (χ4v) is 2.15. The smallest absolute Gasteiger partial charge is 0.0462 e. The summed E-state index contributed by atoms with van der Waals surface area (Å²) in [6.45, 7) is 5.32. The van der Waals surface area contributed by atoms with E-state index < -0.39 is 0 Å². The summed E-state index contributed by atoms with van der Waals surface area (Å²) in [5, 5.41) is 3.39. The Hall–Kier alpha value is -0.860. The molecule has 2 heteroatoms. The maximum atomic E-state index is 5.10. The lowest BCUT2D eigenvalue weighted by Gasteiger charge is -2.16. The number of rotatable bonds is 8. The molecule has 2 nitrogen and oxygen atoms in total. The highest BCUT2D eigenvalue weighted by Crippen LogP contribution is 2.16. The minimum Gasteiger partial charge on any atom is -0.385 e. The third kappa shape index (κ3) is 5.19. The molecule has 0 aliphatic carbocycles. The van der Waals surface area contributed by atoms with Gasteiger partial charge >= 0.3 is 0 Å². The van der Waals surface area contributed by atoms with Gasteiger partial charge in [-0.25, -0.2) is 0 Å². The van der Waals surface area contributed by atoms with E-state index in [1.807, 2.05) is 7.05 Å². The molecule has 0 fully saturated rings. The van der Waals surface area contributed by atoms with Crippen LogP contribution in [0, 0.1) is 0 Å². The number of nitrogens with one attached hydrogen (secondary N) is 1. The molecule has 0 amide bonds. The van der Waals surface area contributed by atoms with Gasteiger partial charge in [-0.3, -0.25) is 0 Å². The maximum Gasteiger partial charge on any atom is 0.0462 e. The highest BCUT2D eigenvalue weighted by molar-refractivity contribution is 5.25. The highest BCUT2D eigenvalue weighted by Gasteiger charge is 2.07. The Morgan fingerprint density at radius 1 is 1.17 bits per heavy atom. The first-order valence-electron chi connectivity index (χ1n) is 6.92. The molecule has 1 unspecified atom stereocenters. The van der Waals surface area contributed by atoms with Crippen molar-refractivity contribution in [1.82, 2.24) is 5.32 Å². The lowest BCUT2D eigenvalue weighted by atomic mass is 9.98. The van der Waals surface area contributed by atoms with E-state index in [-0.39, 0.29) is 0 Å². The normalized spacial score (nSPS) is 12.9. The average molecular weight is 249 g/mol. The summed E-state index contributed by atoms with van der Waals surface area (Å²) in [4.78, 5) is 0. The first-order chi connectivity index (χ1) is 8.67. The van der Waals surface area contributed by atoms with Crippen LogP contribution in [0.3, 0.4) is 0 Å². The quantitative estimate of drug-likeness (QED) is 0.713. The zero-order chi connectivity index (χ0) is 13.4. The Morgan fingerprint density at radius 2 is 1.83 bits per heavy atom. The Kier molecular flexibility index (Phi) is 6.99. The molecular formula is C16H27NO. The largest absolute Gasteiger partial charge is 0.385 e. The average Bonchev–Trinajstić information content (AvgIpc) is 2.38. The number of hydrogen-bond acceptors (Lipinski definition) is 2. The third-order valence-corrected chi connectivity index (χ3v) is 3.44. The van der Waals surface area contributed by atoms with Crippen LogP contribution < -0.4 is 5.32 Å². The molecule has 0 bridgehead atoms. The molecule has 0 aliphatic rings. The summed E-state index contributed by atoms with van der Waals surface area (Å²) < 4.78 is 5.10. The topological polar surface area (TPSA) is 21.3 Å². The zero-order valence-electron chi connectivity index (χ0n) is 12.2. The van der Waals surface area contributed by atoms with Crippen LogP contribution in [0.15, 0.2) is 24.3 Å². The van der Waals surface area contributed by atoms with Gasteiger partial charge < -0.3 is 10.1 Å². The van der Waals surface area contributed by atoms with Crippen LogP contribution in [0.5, 0.6) is 0 Å². The van der Waals surface area contributed by atoms with Crippen LogP contribution in [0.2, 0.25) is 0 Å². The van der Waals surface area contributed by atoms with Gasteiger partial charge in [0.15, 0.2) is 0 Å². The molecule has 0 aliphatic heterocycles. The van der Waals surface area contributed by atoms with Crippen LogP contribution in [0.4, 0.5) is 0 Å². The van der Waals surface area contributed by atoms with E-state index >= 15 is 0 Å². The molecule has 0 saturated carbocycles. The van der Waals surface area contributed by atoms with Crippen molar-refractivity contribution in [2.45, 2.75) is 45.1 Å². The molecule has 1 N–H and O–H groups in total. The molecule has 0 radical (unpaired) electrons. The summed E-state index contributed by atoms with van der Waals surface area (Å²) in [7, 11) is 3.80. The van der Waals surface area contributed by atoms with E-state index in [1.54, 1.807) is 7.11 Å². The van der Waals surface area contributed by atoms with Gasteiger partial charge in [0.05, 0.1) is 0 Å². The van der Waals surface area contributed by atoms with Crippen molar-refractivity contribution in [1.29, 1.82) is 0 Å². The summed E-state index contributed by atoms with van der Waals surface area (Å²) in [6, 6.07) is 9.57. The molecule has 1 rings (SSSR count). The van der Waals surface area contributed by atoms with E-state index in [0.29, 0.717) is 12.0 Å². The van der Waals surface area contributed by atoms with E-state index in [2.05, 4.69) is 43.4 Å². The molecule has 0 heterocycles. The summed E-state index contributed by atoms with van der Waals surface area (Å²) in [5.41, 5.74) is 2.83. The minimum atomic E-state index is 0.546. The van der Waals surface area contributed by atoms with Crippen LogP contribution in [-0.2, 0) is 11.2 Å². The van der Waals surface area contributed by atoms with Crippen LogP contribution in [0.25, 0.3) is 0 Å². The number of likely N-dealkylation sites (N-methyl/N-ethyl adjacent to an activating group) is 1. The van der Waals surface area contributed by atoms with Crippen molar-refractivity contribution in [3.05, 3.63) is 35.4 Å². The standard InChI is InChI=1S/C16H27NO/c1-13(2)15-9-7-14(8-10-15)12-16(17-3)6-5-11-18-4/h7-10,13,16-17H,5-6,11-12H2,1-4H3. The predicted molar refractivity (Wildman–Crippen MR) is 78.2 cm³/mol. The molecule has 1 atom stereocenters. The summed E-state index contributed by atoms with van der Waals surface area (Å²) >= 11 is 0. The molecular weight excluding hydrogens is 222 g/mol. The lowest BCUT2D eigenvalue weighted by Crippen LogP contribution is -2.27. The molecule has 1 aromatic carbocycles. The van der Waals surface area contributed by atoms with Crippen molar-refractivity contribution in [2.24, 2.45) is 0 Å². The zero-order valence-corrected chi connectivity index (χ0v) is 12.2. The molecule has 0 spiro atoms. The second-order valence-corrected chi connectivity index (χ2v) is 5.22. The van der Waals surface area contributed by atoms with Crippen molar-refractivity contribution >= 4 is 0 Å². The first-order valence-corrected chi connectivity index (χ1v) is 6.92. The van der Waals surface area contributed by atoms with E-state index in [1.165, 1.54) is 11.1 Å². The maximum absolute atomic E-state index is 5.10. The second-order valence-electron chi connectivity index (χ2n) is 5.22. The van der Waals surface area contributed by atoms with Gasteiger partial charge in [0, 0.05) is 19.8 Å². The Labute approximate surface area is 112 Å². The van der Waals surface area contributed by atoms with Crippen molar-refractivity contribution in [2.75, 3.05) is 20.8 Å². The van der Waals surface area contributed by atoms with Gasteiger partial charge in [-0.2, -0.15) is 0 Å². The van der Waals surface area contributed by atoms with Crippen molar-refractivity contribution in [3.8, 4) is 0 Å². The Balaban J connectivity index is 2.48. The number of methoxy groups -OCH3 is 1. The van der Waals surface area contributed by atoms with Crippen LogP contribution in [-0.4, -0.2) is 26.8 Å². The molecule has 0 aromatic heterocycles. The lowest BCUT2D eigenvalue weighted by molar-refractivity contribution is 0.189. The monoisotopic (exact) mass is 249 g/mol. The highest BCUT2D eigenvalue weighted by atomic mass is 16.5. The SMILES string of the molecule is CNC(CCCOC)Cc1ccc(C(C)C)cc1. The number of hydrogen-bond donors (Lipinski definition) is 1. The summed E-state index contributed by atoms with van der Waals surface area (Å²) in [5.74, 6) is 0.612. The van der Waals surface area contributed by atoms with Gasteiger partial charge in [-0.15, -0.1) is 0 Å². The number of ether oxygens (including phenoxy) is 1. The fraction of sp³-hybridized carbons (Fsp3) is 0.625. The molecule has 102 valence electrons. The van der Waals surface area contributed by atoms with Gasteiger partial charge in [0.25, 0.3) is 0 Å². The van der Waals surface area contributed by atoms with Crippen molar-refractivity contribution < 1.29 is 4.74 Å². The molecule has 18 heavy (non-hydrogen) atoms. The van der Waals surface area contributed by atoms with E-state index in [0.717, 1.165) is 25.9 Å². The Bertz CT molecular complexity index is 318.